The number of hydrogen-bond donors (Lipinski definition) is 1. The second kappa shape index (κ2) is 10.7. The lowest BCUT2D eigenvalue weighted by atomic mass is 9.44. The minimum atomic E-state index is -1.40. The summed E-state index contributed by atoms with van der Waals surface area (Å²) in [5.41, 5.74) is 1.49. The van der Waals surface area contributed by atoms with Crippen molar-refractivity contribution in [2.24, 2.45) is 23.7 Å². The molecule has 1 aliphatic heterocycles. The number of hydrogen-bond acceptors (Lipinski definition) is 5. The summed E-state index contributed by atoms with van der Waals surface area (Å²) in [4.78, 5) is 58.5. The number of ketones is 2. The van der Waals surface area contributed by atoms with Gasteiger partial charge in [-0.3, -0.25) is 24.1 Å². The number of fused-ring (bicyclic) bond motifs is 4. The van der Waals surface area contributed by atoms with E-state index < -0.39 is 35.0 Å². The number of likely N-dealkylation sites (tertiary alicyclic amines) is 1. The molecule has 6 nitrogen and oxygen atoms in total. The first-order valence-electron chi connectivity index (χ1n) is 15.2. The Morgan fingerprint density at radius 1 is 0.909 bits per heavy atom. The summed E-state index contributed by atoms with van der Waals surface area (Å²) >= 11 is 6.53. The molecule has 3 aliphatic carbocycles. The Balaban J connectivity index is 1.51. The van der Waals surface area contributed by atoms with Crippen molar-refractivity contribution < 1.29 is 24.3 Å². The minimum Gasteiger partial charge on any atom is -0.508 e. The van der Waals surface area contributed by atoms with Crippen LogP contribution in [0.3, 0.4) is 0 Å². The Kier molecular flexibility index (Phi) is 6.93. The van der Waals surface area contributed by atoms with Crippen LogP contribution in [0.1, 0.15) is 48.8 Å². The van der Waals surface area contributed by atoms with Crippen molar-refractivity contribution in [1.82, 2.24) is 4.90 Å². The molecule has 1 saturated carbocycles. The maximum absolute atomic E-state index is 14.9. The first kappa shape index (κ1) is 28.5. The molecule has 44 heavy (non-hydrogen) atoms. The number of carbonyl (C=O) groups is 4. The summed E-state index contributed by atoms with van der Waals surface area (Å²) in [6.45, 7) is 2.28. The monoisotopic (exact) mass is 605 g/mol. The highest BCUT2D eigenvalue weighted by Gasteiger charge is 2.66. The summed E-state index contributed by atoms with van der Waals surface area (Å²) in [5.74, 6) is -4.12. The van der Waals surface area contributed by atoms with E-state index in [1.807, 2.05) is 73.7 Å². The number of aromatic hydroxyl groups is 1. The van der Waals surface area contributed by atoms with Crippen LogP contribution in [-0.2, 0) is 24.6 Å². The van der Waals surface area contributed by atoms with Gasteiger partial charge in [-0.05, 0) is 60.6 Å². The van der Waals surface area contributed by atoms with Crippen LogP contribution in [0.4, 0.5) is 0 Å². The quantitative estimate of drug-likeness (QED) is 0.273. The summed E-state index contributed by atoms with van der Waals surface area (Å²) in [6, 6.07) is 23.2. The van der Waals surface area contributed by atoms with E-state index in [9.17, 15) is 24.3 Å². The van der Waals surface area contributed by atoms with E-state index in [0.717, 1.165) is 5.57 Å². The van der Waals surface area contributed by atoms with Gasteiger partial charge in [-0.25, -0.2) is 0 Å². The Morgan fingerprint density at radius 3 is 2.32 bits per heavy atom. The smallest absolute Gasteiger partial charge is 0.233 e. The van der Waals surface area contributed by atoms with Gasteiger partial charge < -0.3 is 5.11 Å². The summed E-state index contributed by atoms with van der Waals surface area (Å²) in [5, 5.41) is 11.8. The average Bonchev–Trinajstić information content (AvgIpc) is 3.29. The van der Waals surface area contributed by atoms with Crippen LogP contribution in [0.5, 0.6) is 5.75 Å². The molecule has 7 heteroatoms. The molecule has 222 valence electrons. The van der Waals surface area contributed by atoms with Crippen molar-refractivity contribution in [3.05, 3.63) is 118 Å². The number of halogens is 1. The number of phenols is 1. The van der Waals surface area contributed by atoms with Crippen LogP contribution in [0.25, 0.3) is 5.57 Å². The molecule has 6 unspecified atom stereocenters. The van der Waals surface area contributed by atoms with Gasteiger partial charge in [0.05, 0.1) is 17.3 Å². The van der Waals surface area contributed by atoms with Gasteiger partial charge in [-0.2, -0.15) is 0 Å². The molecule has 6 atom stereocenters. The van der Waals surface area contributed by atoms with Gasteiger partial charge in [0.2, 0.25) is 11.8 Å². The zero-order valence-electron chi connectivity index (χ0n) is 24.3. The normalized spacial score (nSPS) is 29.5. The van der Waals surface area contributed by atoms with Gasteiger partial charge in [0.1, 0.15) is 5.75 Å². The highest BCUT2D eigenvalue weighted by molar-refractivity contribution is 6.32. The number of carbonyl (C=O) groups excluding carboxylic acids is 4. The average molecular weight is 606 g/mol. The van der Waals surface area contributed by atoms with E-state index in [1.54, 1.807) is 12.1 Å². The topological polar surface area (TPSA) is 91.8 Å². The van der Waals surface area contributed by atoms with Crippen LogP contribution in [0.15, 0.2) is 96.6 Å². The highest BCUT2D eigenvalue weighted by Crippen LogP contribution is 2.64. The SMILES string of the molecule is CCCN1C(=O)C2CC=C3C(CC4C(=O)C(c5ccccc5)=CC(=O)C4(c4ccccc4)C3c3cc(Cl)ccc3O)C2C1=O. The first-order chi connectivity index (χ1) is 21.3. The molecule has 0 bridgehead atoms. The first-order valence-corrected chi connectivity index (χ1v) is 15.6. The van der Waals surface area contributed by atoms with E-state index in [-0.39, 0.29) is 35.6 Å². The number of Topliss-reactive ketones (excluding diaryl/α,β-unsaturated/α-hetero) is 1. The minimum absolute atomic E-state index is 0.0448. The lowest BCUT2D eigenvalue weighted by molar-refractivity contribution is -0.140. The molecule has 4 aliphatic rings. The molecule has 0 spiro atoms. The van der Waals surface area contributed by atoms with Crippen molar-refractivity contribution in [3.63, 3.8) is 0 Å². The summed E-state index contributed by atoms with van der Waals surface area (Å²) in [7, 11) is 0. The number of amides is 2. The second-order valence-corrected chi connectivity index (χ2v) is 12.8. The van der Waals surface area contributed by atoms with Crippen molar-refractivity contribution in [1.29, 1.82) is 0 Å². The highest BCUT2D eigenvalue weighted by atomic mass is 35.5. The maximum Gasteiger partial charge on any atom is 0.233 e. The third-order valence-corrected chi connectivity index (χ3v) is 10.4. The Morgan fingerprint density at radius 2 is 1.61 bits per heavy atom. The second-order valence-electron chi connectivity index (χ2n) is 12.3. The van der Waals surface area contributed by atoms with Crippen molar-refractivity contribution in [2.45, 2.75) is 37.5 Å². The molecule has 1 N–H and O–H groups in total. The van der Waals surface area contributed by atoms with Gasteiger partial charge in [-0.15, -0.1) is 0 Å². The van der Waals surface area contributed by atoms with E-state index in [2.05, 4.69) is 0 Å². The molecule has 1 heterocycles. The van der Waals surface area contributed by atoms with Crippen molar-refractivity contribution in [2.75, 3.05) is 6.54 Å². The lowest BCUT2D eigenvalue weighted by Gasteiger charge is -2.55. The summed E-state index contributed by atoms with van der Waals surface area (Å²) < 4.78 is 0. The van der Waals surface area contributed by atoms with E-state index in [0.29, 0.717) is 46.7 Å². The molecular weight excluding hydrogens is 574 g/mol. The fraction of sp³-hybridized carbons (Fsp3) is 0.297. The van der Waals surface area contributed by atoms with E-state index in [1.165, 1.54) is 17.0 Å². The predicted molar refractivity (Wildman–Crippen MR) is 167 cm³/mol. The zero-order valence-corrected chi connectivity index (χ0v) is 25.0. The van der Waals surface area contributed by atoms with E-state index >= 15 is 0 Å². The van der Waals surface area contributed by atoms with Crippen LogP contribution < -0.4 is 0 Å². The number of phenolic OH excluding ortho intramolecular Hbond substituents is 1. The summed E-state index contributed by atoms with van der Waals surface area (Å²) in [6.07, 6.45) is 4.69. The number of benzene rings is 3. The van der Waals surface area contributed by atoms with Gasteiger partial charge in [0, 0.05) is 34.5 Å². The molecule has 1 saturated heterocycles. The van der Waals surface area contributed by atoms with Crippen LogP contribution >= 0.6 is 11.6 Å². The molecular formula is C37H32ClNO5. The van der Waals surface area contributed by atoms with Crippen LogP contribution in [0.2, 0.25) is 5.02 Å². The Labute approximate surface area is 261 Å². The van der Waals surface area contributed by atoms with Gasteiger partial charge in [0.25, 0.3) is 0 Å². The zero-order chi connectivity index (χ0) is 30.7. The van der Waals surface area contributed by atoms with Gasteiger partial charge >= 0.3 is 0 Å². The fourth-order valence-corrected chi connectivity index (χ4v) is 8.67. The molecule has 0 aromatic heterocycles. The maximum atomic E-state index is 14.9. The number of allylic oxidation sites excluding steroid dienone is 4. The number of rotatable bonds is 5. The Hall–Kier alpha value is -4.29. The van der Waals surface area contributed by atoms with Gasteiger partial charge in [0.15, 0.2) is 11.6 Å². The van der Waals surface area contributed by atoms with Crippen molar-refractivity contribution in [3.8, 4) is 5.75 Å². The molecule has 2 amide bonds. The number of imide groups is 1. The van der Waals surface area contributed by atoms with Crippen molar-refractivity contribution >= 4 is 40.6 Å². The molecule has 7 rings (SSSR count). The van der Waals surface area contributed by atoms with E-state index in [4.69, 9.17) is 11.6 Å². The lowest BCUT2D eigenvalue weighted by Crippen LogP contribution is -2.58. The third-order valence-electron chi connectivity index (χ3n) is 10.2. The largest absolute Gasteiger partial charge is 0.508 e. The van der Waals surface area contributed by atoms with Gasteiger partial charge in [-0.1, -0.05) is 90.8 Å². The molecule has 0 radical (unpaired) electrons. The molecule has 2 fully saturated rings. The number of nitrogens with zero attached hydrogens (tertiary/aromatic N) is 1. The Bertz CT molecular complexity index is 1760. The fourth-order valence-electron chi connectivity index (χ4n) is 8.48. The molecule has 3 aromatic rings. The predicted octanol–water partition coefficient (Wildman–Crippen LogP) is 6.28. The standard InChI is InChI=1S/C37H32ClNO5/c1-2-17-39-35(43)25-15-14-24-27(32(25)36(39)44)19-29-34(42)26(21-9-5-3-6-10-21)20-31(41)37(29,22-11-7-4-8-12-22)33(24)28-18-23(38)13-16-30(28)40/h3-14,16,18,20,25,27,29,32-33,40H,2,15,17,19H2,1H3. The van der Waals surface area contributed by atoms with Crippen LogP contribution in [0, 0.1) is 23.7 Å². The van der Waals surface area contributed by atoms with Crippen LogP contribution in [-0.4, -0.2) is 39.9 Å². The third kappa shape index (κ3) is 4.00. The molecule has 3 aromatic carbocycles.